The smallest absolute Gasteiger partial charge is 0.240 e. The third kappa shape index (κ3) is 4.58. The molecule has 0 saturated carbocycles. The first-order valence-corrected chi connectivity index (χ1v) is 8.62. The topological polar surface area (TPSA) is 72.2 Å². The molecule has 0 heterocycles. The van der Waals surface area contributed by atoms with E-state index in [1.165, 1.54) is 0 Å². The third-order valence-corrected chi connectivity index (χ3v) is 4.86. The van der Waals surface area contributed by atoms with E-state index in [4.69, 9.17) is 5.73 Å². The van der Waals surface area contributed by atoms with E-state index in [1.807, 2.05) is 19.9 Å². The summed E-state index contributed by atoms with van der Waals surface area (Å²) in [5.41, 5.74) is 7.68. The van der Waals surface area contributed by atoms with Gasteiger partial charge in [0, 0.05) is 12.6 Å². The highest BCUT2D eigenvalue weighted by Crippen LogP contribution is 2.17. The molecule has 1 unspecified atom stereocenters. The van der Waals surface area contributed by atoms with Gasteiger partial charge in [0.25, 0.3) is 0 Å². The first-order chi connectivity index (χ1) is 9.30. The summed E-state index contributed by atoms with van der Waals surface area (Å²) in [5, 5.41) is 0. The highest BCUT2D eigenvalue weighted by molar-refractivity contribution is 7.89. The maximum Gasteiger partial charge on any atom is 0.240 e. The van der Waals surface area contributed by atoms with Crippen LogP contribution in [-0.4, -0.2) is 14.5 Å². The van der Waals surface area contributed by atoms with E-state index in [1.54, 1.807) is 12.1 Å². The van der Waals surface area contributed by atoms with Gasteiger partial charge in [-0.05, 0) is 48.9 Å². The lowest BCUT2D eigenvalue weighted by Crippen LogP contribution is -2.33. The van der Waals surface area contributed by atoms with Crippen LogP contribution >= 0.6 is 0 Å². The monoisotopic (exact) mass is 298 g/mol. The van der Waals surface area contributed by atoms with Crippen LogP contribution < -0.4 is 10.5 Å². The Labute approximate surface area is 122 Å². The summed E-state index contributed by atoms with van der Waals surface area (Å²) >= 11 is 0. The molecule has 0 radical (unpaired) electrons. The fourth-order valence-corrected chi connectivity index (χ4v) is 3.70. The van der Waals surface area contributed by atoms with Crippen molar-refractivity contribution in [3.8, 4) is 0 Å². The molecule has 0 spiro atoms. The Morgan fingerprint density at radius 2 is 1.85 bits per heavy atom. The second kappa shape index (κ2) is 7.20. The molecule has 0 amide bonds. The summed E-state index contributed by atoms with van der Waals surface area (Å²) in [4.78, 5) is 0.297. The summed E-state index contributed by atoms with van der Waals surface area (Å²) in [6, 6.07) is 5.11. The summed E-state index contributed by atoms with van der Waals surface area (Å²) in [7, 11) is -3.47. The van der Waals surface area contributed by atoms with E-state index in [0.717, 1.165) is 24.0 Å². The molecule has 0 bridgehead atoms. The minimum absolute atomic E-state index is 0.0767. The lowest BCUT2D eigenvalue weighted by Gasteiger charge is -2.17. The van der Waals surface area contributed by atoms with Gasteiger partial charge in [-0.15, -0.1) is 0 Å². The number of rotatable bonds is 7. The molecule has 1 rings (SSSR count). The van der Waals surface area contributed by atoms with Crippen molar-refractivity contribution in [1.82, 2.24) is 4.72 Å². The molecule has 114 valence electrons. The Balaban J connectivity index is 2.98. The first-order valence-electron chi connectivity index (χ1n) is 7.14. The molecule has 20 heavy (non-hydrogen) atoms. The molecule has 5 heteroatoms. The van der Waals surface area contributed by atoms with Gasteiger partial charge < -0.3 is 5.73 Å². The Morgan fingerprint density at radius 3 is 2.35 bits per heavy atom. The maximum absolute atomic E-state index is 12.3. The second-order valence-electron chi connectivity index (χ2n) is 5.64. The molecular formula is C15H26N2O2S. The maximum atomic E-state index is 12.3. The molecule has 1 aromatic rings. The molecular weight excluding hydrogens is 272 g/mol. The standard InChI is InChI=1S/C15H26N2O2S/c1-5-13-6-7-15(9-14(13)10-16)20(18,19)17-12(4)8-11(2)3/h6-7,9,11-12,17H,5,8,10,16H2,1-4H3. The molecule has 0 aliphatic rings. The van der Waals surface area contributed by atoms with Crippen molar-refractivity contribution in [2.75, 3.05) is 0 Å². The van der Waals surface area contributed by atoms with Gasteiger partial charge in [-0.3, -0.25) is 0 Å². The normalized spacial score (nSPS) is 13.7. The van der Waals surface area contributed by atoms with Crippen molar-refractivity contribution in [1.29, 1.82) is 0 Å². The van der Waals surface area contributed by atoms with Gasteiger partial charge in [0.15, 0.2) is 0 Å². The zero-order chi connectivity index (χ0) is 15.3. The van der Waals surface area contributed by atoms with Crippen molar-refractivity contribution in [3.05, 3.63) is 29.3 Å². The second-order valence-corrected chi connectivity index (χ2v) is 7.35. The number of benzene rings is 1. The Kier molecular flexibility index (Phi) is 6.17. The van der Waals surface area contributed by atoms with Crippen LogP contribution in [0.2, 0.25) is 0 Å². The predicted octanol–water partition coefficient (Wildman–Crippen LogP) is 2.42. The van der Waals surface area contributed by atoms with E-state index in [-0.39, 0.29) is 6.04 Å². The zero-order valence-corrected chi connectivity index (χ0v) is 13.6. The van der Waals surface area contributed by atoms with Crippen molar-refractivity contribution >= 4 is 10.0 Å². The van der Waals surface area contributed by atoms with E-state index in [2.05, 4.69) is 18.6 Å². The van der Waals surface area contributed by atoms with E-state index < -0.39 is 10.0 Å². The summed E-state index contributed by atoms with van der Waals surface area (Å²) in [6.45, 7) is 8.43. The van der Waals surface area contributed by atoms with E-state index in [9.17, 15) is 8.42 Å². The van der Waals surface area contributed by atoms with E-state index >= 15 is 0 Å². The average Bonchev–Trinajstić information content (AvgIpc) is 2.36. The number of aryl methyl sites for hydroxylation is 1. The Hall–Kier alpha value is -0.910. The number of sulfonamides is 1. The first kappa shape index (κ1) is 17.1. The van der Waals surface area contributed by atoms with Crippen LogP contribution in [0.25, 0.3) is 0 Å². The van der Waals surface area contributed by atoms with Gasteiger partial charge in [-0.2, -0.15) is 0 Å². The van der Waals surface area contributed by atoms with Crippen LogP contribution in [0.15, 0.2) is 23.1 Å². The molecule has 0 fully saturated rings. The lowest BCUT2D eigenvalue weighted by molar-refractivity contribution is 0.482. The number of nitrogens with one attached hydrogen (secondary N) is 1. The van der Waals surface area contributed by atoms with Crippen molar-refractivity contribution in [3.63, 3.8) is 0 Å². The fraction of sp³-hybridized carbons (Fsp3) is 0.600. The van der Waals surface area contributed by atoms with Crippen molar-refractivity contribution in [2.24, 2.45) is 11.7 Å². The Morgan fingerprint density at radius 1 is 1.20 bits per heavy atom. The molecule has 0 saturated heterocycles. The summed E-state index contributed by atoms with van der Waals surface area (Å²) in [5.74, 6) is 0.453. The third-order valence-electron chi connectivity index (χ3n) is 3.27. The average molecular weight is 298 g/mol. The fourth-order valence-electron chi connectivity index (χ4n) is 2.39. The molecule has 0 aromatic heterocycles. The van der Waals surface area contributed by atoms with Crippen LogP contribution in [0.3, 0.4) is 0 Å². The van der Waals surface area contributed by atoms with E-state index in [0.29, 0.717) is 17.4 Å². The molecule has 4 nitrogen and oxygen atoms in total. The van der Waals surface area contributed by atoms with Gasteiger partial charge in [-0.1, -0.05) is 26.8 Å². The molecule has 0 aliphatic carbocycles. The number of hydrogen-bond donors (Lipinski definition) is 2. The number of nitrogens with two attached hydrogens (primary N) is 1. The van der Waals surface area contributed by atoms with Crippen LogP contribution in [0.5, 0.6) is 0 Å². The van der Waals surface area contributed by atoms with Gasteiger partial charge in [0.2, 0.25) is 10.0 Å². The number of hydrogen-bond acceptors (Lipinski definition) is 3. The minimum Gasteiger partial charge on any atom is -0.326 e. The zero-order valence-electron chi connectivity index (χ0n) is 12.8. The SMILES string of the molecule is CCc1ccc(S(=O)(=O)NC(C)CC(C)C)cc1CN. The van der Waals surface area contributed by atoms with Gasteiger partial charge in [-0.25, -0.2) is 13.1 Å². The molecule has 0 aliphatic heterocycles. The van der Waals surface area contributed by atoms with Gasteiger partial charge >= 0.3 is 0 Å². The minimum atomic E-state index is -3.47. The van der Waals surface area contributed by atoms with Crippen molar-refractivity contribution in [2.45, 2.75) is 58.0 Å². The largest absolute Gasteiger partial charge is 0.326 e. The van der Waals surface area contributed by atoms with Gasteiger partial charge in [0.1, 0.15) is 0 Å². The molecule has 1 atom stereocenters. The van der Waals surface area contributed by atoms with Crippen LogP contribution in [0.1, 0.15) is 45.2 Å². The summed E-state index contributed by atoms with van der Waals surface area (Å²) < 4.78 is 27.4. The highest BCUT2D eigenvalue weighted by atomic mass is 32.2. The summed E-state index contributed by atoms with van der Waals surface area (Å²) in [6.07, 6.45) is 1.67. The van der Waals surface area contributed by atoms with Crippen LogP contribution in [0, 0.1) is 5.92 Å². The quantitative estimate of drug-likeness (QED) is 0.812. The van der Waals surface area contributed by atoms with Gasteiger partial charge in [0.05, 0.1) is 4.90 Å². The lowest BCUT2D eigenvalue weighted by atomic mass is 10.1. The van der Waals surface area contributed by atoms with Crippen LogP contribution in [0.4, 0.5) is 0 Å². The molecule has 1 aromatic carbocycles. The molecule has 3 N–H and O–H groups in total. The van der Waals surface area contributed by atoms with Crippen LogP contribution in [-0.2, 0) is 23.0 Å². The highest BCUT2D eigenvalue weighted by Gasteiger charge is 2.18. The predicted molar refractivity (Wildman–Crippen MR) is 82.9 cm³/mol. The Bertz CT molecular complexity index is 539. The van der Waals surface area contributed by atoms with Crippen molar-refractivity contribution < 1.29 is 8.42 Å².